The van der Waals surface area contributed by atoms with Crippen LogP contribution < -0.4 is 0 Å². The van der Waals surface area contributed by atoms with Crippen molar-refractivity contribution in [2.45, 2.75) is 18.9 Å². The Morgan fingerprint density at radius 1 is 1.47 bits per heavy atom. The van der Waals surface area contributed by atoms with Crippen molar-refractivity contribution < 1.29 is 4.79 Å². The van der Waals surface area contributed by atoms with Crippen molar-refractivity contribution >= 4 is 35.1 Å². The normalized spacial score (nSPS) is 15.8. The van der Waals surface area contributed by atoms with Crippen molar-refractivity contribution in [3.63, 3.8) is 0 Å². The quantitative estimate of drug-likeness (QED) is 0.363. The maximum atomic E-state index is 10.5. The molecule has 1 aromatic heterocycles. The SMILES string of the molecule is CN(/C=C(\C=C/C=O)c1nc(Cl)ncc1Cl)C1CC1. The van der Waals surface area contributed by atoms with E-state index in [0.717, 1.165) is 5.57 Å². The van der Waals surface area contributed by atoms with Crippen LogP contribution in [-0.4, -0.2) is 34.2 Å². The number of halogens is 2. The molecule has 0 spiro atoms. The molecule has 0 radical (unpaired) electrons. The van der Waals surface area contributed by atoms with E-state index in [1.54, 1.807) is 6.08 Å². The predicted molar refractivity (Wildman–Crippen MR) is 76.0 cm³/mol. The Bertz CT molecular complexity index is 539. The molecule has 1 saturated carbocycles. The standard InChI is InChI=1S/C13H13Cl2N3O/c1-18(10-4-5-10)8-9(3-2-6-19)12-11(14)7-16-13(15)17-12/h2-3,6-8,10H,4-5H2,1H3/b3-2-,9-8+. The molecule has 1 fully saturated rings. The van der Waals surface area contributed by atoms with Gasteiger partial charge in [-0.05, 0) is 36.6 Å². The summed E-state index contributed by atoms with van der Waals surface area (Å²) in [5.74, 6) is 0. The Balaban J connectivity index is 2.38. The summed E-state index contributed by atoms with van der Waals surface area (Å²) in [6, 6.07) is 0.552. The van der Waals surface area contributed by atoms with Gasteiger partial charge in [-0.3, -0.25) is 4.79 Å². The average Bonchev–Trinajstić information content (AvgIpc) is 3.21. The van der Waals surface area contributed by atoms with E-state index < -0.39 is 0 Å². The van der Waals surface area contributed by atoms with E-state index in [4.69, 9.17) is 23.2 Å². The van der Waals surface area contributed by atoms with Crippen molar-refractivity contribution in [3.05, 3.63) is 40.5 Å². The first-order chi connectivity index (χ1) is 9.11. The highest BCUT2D eigenvalue weighted by molar-refractivity contribution is 6.33. The second-order valence-corrected chi connectivity index (χ2v) is 5.06. The number of aromatic nitrogens is 2. The highest BCUT2D eigenvalue weighted by atomic mass is 35.5. The molecule has 100 valence electrons. The van der Waals surface area contributed by atoms with Gasteiger partial charge in [-0.25, -0.2) is 9.97 Å². The summed E-state index contributed by atoms with van der Waals surface area (Å²) in [5, 5.41) is 0.522. The van der Waals surface area contributed by atoms with Gasteiger partial charge in [0.25, 0.3) is 0 Å². The summed E-state index contributed by atoms with van der Waals surface area (Å²) in [5.41, 5.74) is 1.25. The van der Waals surface area contributed by atoms with Crippen molar-refractivity contribution in [3.8, 4) is 0 Å². The molecule has 0 amide bonds. The number of nitrogens with zero attached hydrogens (tertiary/aromatic N) is 3. The van der Waals surface area contributed by atoms with E-state index in [2.05, 4.69) is 14.9 Å². The third kappa shape index (κ3) is 3.78. The van der Waals surface area contributed by atoms with Gasteiger partial charge in [0.05, 0.1) is 16.9 Å². The maximum Gasteiger partial charge on any atom is 0.222 e. The average molecular weight is 298 g/mol. The van der Waals surface area contributed by atoms with Crippen LogP contribution in [0.15, 0.2) is 24.5 Å². The topological polar surface area (TPSA) is 46.1 Å². The predicted octanol–water partition coefficient (Wildman–Crippen LogP) is 2.97. The lowest BCUT2D eigenvalue weighted by molar-refractivity contribution is -0.104. The molecule has 2 rings (SSSR count). The molecule has 0 saturated heterocycles. The van der Waals surface area contributed by atoms with Gasteiger partial charge in [0.2, 0.25) is 5.28 Å². The number of aldehydes is 1. The molecule has 0 bridgehead atoms. The van der Waals surface area contributed by atoms with Gasteiger partial charge in [0, 0.05) is 24.9 Å². The second kappa shape index (κ2) is 6.17. The lowest BCUT2D eigenvalue weighted by Crippen LogP contribution is -2.13. The van der Waals surface area contributed by atoms with Crippen LogP contribution in [-0.2, 0) is 4.79 Å². The van der Waals surface area contributed by atoms with E-state index in [0.29, 0.717) is 23.0 Å². The monoisotopic (exact) mass is 297 g/mol. The zero-order chi connectivity index (χ0) is 13.8. The Hall–Kier alpha value is -1.39. The molecule has 1 aliphatic rings. The van der Waals surface area contributed by atoms with E-state index in [9.17, 15) is 4.79 Å². The summed E-state index contributed by atoms with van der Waals surface area (Å²) in [4.78, 5) is 20.5. The Morgan fingerprint density at radius 3 is 2.84 bits per heavy atom. The summed E-state index contributed by atoms with van der Waals surface area (Å²) < 4.78 is 0. The molecule has 0 unspecified atom stereocenters. The molecule has 1 heterocycles. The van der Waals surface area contributed by atoms with Crippen LogP contribution in [0.3, 0.4) is 0 Å². The minimum atomic E-state index is 0.124. The van der Waals surface area contributed by atoms with E-state index in [1.165, 1.54) is 25.1 Å². The Labute approximate surface area is 121 Å². The largest absolute Gasteiger partial charge is 0.377 e. The van der Waals surface area contributed by atoms with Crippen molar-refractivity contribution in [2.75, 3.05) is 7.05 Å². The summed E-state index contributed by atoms with van der Waals surface area (Å²) in [7, 11) is 1.99. The smallest absolute Gasteiger partial charge is 0.222 e. The number of hydrogen-bond donors (Lipinski definition) is 0. The van der Waals surface area contributed by atoms with E-state index in [1.807, 2.05) is 13.2 Å². The van der Waals surface area contributed by atoms with Gasteiger partial charge in [0.1, 0.15) is 6.29 Å². The highest BCUT2D eigenvalue weighted by Crippen LogP contribution is 2.29. The van der Waals surface area contributed by atoms with E-state index >= 15 is 0 Å². The third-order valence-electron chi connectivity index (χ3n) is 2.81. The lowest BCUT2D eigenvalue weighted by Gasteiger charge is -2.15. The molecule has 1 aliphatic carbocycles. The number of carbonyl (C=O) groups excluding carboxylic acids is 1. The Morgan fingerprint density at radius 2 is 2.21 bits per heavy atom. The van der Waals surface area contributed by atoms with Crippen LogP contribution >= 0.6 is 23.2 Å². The van der Waals surface area contributed by atoms with Gasteiger partial charge in [-0.15, -0.1) is 0 Å². The number of carbonyl (C=O) groups is 1. The van der Waals surface area contributed by atoms with Crippen LogP contribution in [0, 0.1) is 0 Å². The van der Waals surface area contributed by atoms with Crippen molar-refractivity contribution in [1.29, 1.82) is 0 Å². The van der Waals surface area contributed by atoms with Crippen molar-refractivity contribution in [1.82, 2.24) is 14.9 Å². The van der Waals surface area contributed by atoms with Crippen LogP contribution in [0.2, 0.25) is 10.3 Å². The van der Waals surface area contributed by atoms with Crippen LogP contribution in [0.1, 0.15) is 18.5 Å². The molecule has 0 aliphatic heterocycles. The van der Waals surface area contributed by atoms with Gasteiger partial charge in [0.15, 0.2) is 0 Å². The second-order valence-electron chi connectivity index (χ2n) is 4.31. The summed E-state index contributed by atoms with van der Waals surface area (Å²) in [6.07, 6.45) is 9.50. The van der Waals surface area contributed by atoms with Crippen LogP contribution in [0.5, 0.6) is 0 Å². The molecule has 1 aromatic rings. The lowest BCUT2D eigenvalue weighted by atomic mass is 10.2. The first-order valence-electron chi connectivity index (χ1n) is 5.86. The minimum absolute atomic E-state index is 0.124. The third-order valence-corrected chi connectivity index (χ3v) is 3.27. The fraction of sp³-hybridized carbons (Fsp3) is 0.308. The molecule has 0 atom stereocenters. The molecular formula is C13H13Cl2N3O. The fourth-order valence-corrected chi connectivity index (χ4v) is 2.01. The number of hydrogen-bond acceptors (Lipinski definition) is 4. The first kappa shape index (κ1) is 14.0. The van der Waals surface area contributed by atoms with Gasteiger partial charge in [-0.1, -0.05) is 11.6 Å². The van der Waals surface area contributed by atoms with Gasteiger partial charge >= 0.3 is 0 Å². The molecule has 0 aromatic carbocycles. The van der Waals surface area contributed by atoms with Crippen molar-refractivity contribution in [2.24, 2.45) is 0 Å². The molecule has 4 nitrogen and oxygen atoms in total. The fourth-order valence-electron chi connectivity index (χ4n) is 1.68. The summed E-state index contributed by atoms with van der Waals surface area (Å²) >= 11 is 11.9. The zero-order valence-corrected chi connectivity index (χ0v) is 11.9. The minimum Gasteiger partial charge on any atom is -0.377 e. The summed E-state index contributed by atoms with van der Waals surface area (Å²) in [6.45, 7) is 0. The van der Waals surface area contributed by atoms with E-state index in [-0.39, 0.29) is 5.28 Å². The van der Waals surface area contributed by atoms with Crippen LogP contribution in [0.25, 0.3) is 5.57 Å². The molecule has 19 heavy (non-hydrogen) atoms. The molecule has 6 heteroatoms. The van der Waals surface area contributed by atoms with Gasteiger partial charge < -0.3 is 4.90 Å². The molecular weight excluding hydrogens is 285 g/mol. The number of rotatable bonds is 5. The maximum absolute atomic E-state index is 10.5. The Kier molecular flexibility index (Phi) is 4.56. The first-order valence-corrected chi connectivity index (χ1v) is 6.61. The van der Waals surface area contributed by atoms with Gasteiger partial charge in [-0.2, -0.15) is 0 Å². The number of allylic oxidation sites excluding steroid dienone is 3. The zero-order valence-electron chi connectivity index (χ0n) is 10.4. The van der Waals surface area contributed by atoms with Crippen LogP contribution in [0.4, 0.5) is 0 Å². The molecule has 0 N–H and O–H groups in total. The highest BCUT2D eigenvalue weighted by Gasteiger charge is 2.24.